The maximum atomic E-state index is 12.8. The van der Waals surface area contributed by atoms with Gasteiger partial charge in [-0.25, -0.2) is 0 Å². The Labute approximate surface area is 318 Å². The van der Waals surface area contributed by atoms with Gasteiger partial charge in [-0.2, -0.15) is 0 Å². The van der Waals surface area contributed by atoms with Gasteiger partial charge in [-0.3, -0.25) is 48.1 Å². The molecule has 0 bridgehead atoms. The molecule has 16 nitrogen and oxygen atoms in total. The summed E-state index contributed by atoms with van der Waals surface area (Å²) in [7, 11) is -3.28. The van der Waals surface area contributed by atoms with Crippen molar-refractivity contribution in [2.45, 2.75) is 77.2 Å². The lowest BCUT2D eigenvalue weighted by molar-refractivity contribution is -0.142. The first-order valence-corrected chi connectivity index (χ1v) is 21.1. The van der Waals surface area contributed by atoms with Crippen molar-refractivity contribution in [2.75, 3.05) is 90.9 Å². The van der Waals surface area contributed by atoms with E-state index in [1.807, 2.05) is 24.3 Å². The molecule has 1 aliphatic rings. The number of carboxylic acid groups (broad SMARTS) is 4. The van der Waals surface area contributed by atoms with Crippen LogP contribution in [-0.2, 0) is 41.4 Å². The largest absolute Gasteiger partial charge is 0.480 e. The number of hydrogen-bond donors (Lipinski definition) is 6. The van der Waals surface area contributed by atoms with Gasteiger partial charge >= 0.3 is 23.9 Å². The second-order valence-electron chi connectivity index (χ2n) is 14.3. The molecule has 1 fully saturated rings. The van der Waals surface area contributed by atoms with Crippen LogP contribution < -0.4 is 5.32 Å². The van der Waals surface area contributed by atoms with Crippen molar-refractivity contribution in [3.05, 3.63) is 35.4 Å². The van der Waals surface area contributed by atoms with E-state index < -0.39 is 37.3 Å². The van der Waals surface area contributed by atoms with Crippen LogP contribution in [0, 0.1) is 0 Å². The van der Waals surface area contributed by atoms with Crippen LogP contribution in [0.3, 0.4) is 0 Å². The molecule has 0 spiro atoms. The Hall–Kier alpha value is -3.40. The quantitative estimate of drug-likeness (QED) is 0.0653. The Kier molecular flexibility index (Phi) is 22.2. The second-order valence-corrected chi connectivity index (χ2v) is 16.9. The standard InChI is InChI=1S/C37H62N5O11P/c1-2-3-5-10-33(43)38-15-6-4-7-22-54(52,53)23-8-9-30-11-13-31(14-12-30)24-32-25-41(28-36(48)49)19-18-39(26-34(44)45)16-17-40(27-35(46)47)20-21-42(32)29-37(50)51/h11-14,32H,2-10,15-29H2,1H3,(H,38,43)(H,44,45)(H,46,47)(H,48,49)(H,50,51)(H,52,53)/t32-/m0/s1. The van der Waals surface area contributed by atoms with Crippen molar-refractivity contribution < 1.29 is 53.9 Å². The highest BCUT2D eigenvalue weighted by Crippen LogP contribution is 2.42. The van der Waals surface area contributed by atoms with Gasteiger partial charge in [-0.15, -0.1) is 0 Å². The molecule has 1 saturated heterocycles. The number of hydrogen-bond acceptors (Lipinski definition) is 10. The summed E-state index contributed by atoms with van der Waals surface area (Å²) < 4.78 is 12.8. The van der Waals surface area contributed by atoms with E-state index in [0.29, 0.717) is 38.6 Å². The smallest absolute Gasteiger partial charge is 0.317 e. The predicted molar refractivity (Wildman–Crippen MR) is 204 cm³/mol. The SMILES string of the molecule is CCCCCC(=O)NCCCCCP(=O)(O)CCCc1ccc(C[C@H]2CN(CC(=O)O)CCN(CC(=O)O)CCN(CC(=O)O)CCN2CC(=O)O)cc1. The summed E-state index contributed by atoms with van der Waals surface area (Å²) in [6.45, 7) is 2.90. The van der Waals surface area contributed by atoms with Crippen molar-refractivity contribution in [1.82, 2.24) is 24.9 Å². The van der Waals surface area contributed by atoms with Gasteiger partial charge in [0.05, 0.1) is 26.2 Å². The van der Waals surface area contributed by atoms with Gasteiger partial charge < -0.3 is 30.6 Å². The lowest BCUT2D eigenvalue weighted by atomic mass is 10.0. The number of amides is 1. The third kappa shape index (κ3) is 21.5. The Morgan fingerprint density at radius 3 is 1.76 bits per heavy atom. The summed E-state index contributed by atoms with van der Waals surface area (Å²) in [5.74, 6) is -4.21. The first kappa shape index (κ1) is 46.8. The lowest BCUT2D eigenvalue weighted by Gasteiger charge is -2.37. The highest BCUT2D eigenvalue weighted by molar-refractivity contribution is 7.57. The molecule has 0 saturated carbocycles. The molecule has 2 atom stereocenters. The van der Waals surface area contributed by atoms with Crippen LogP contribution in [0.15, 0.2) is 24.3 Å². The Morgan fingerprint density at radius 1 is 0.667 bits per heavy atom. The van der Waals surface area contributed by atoms with Crippen LogP contribution >= 0.6 is 7.37 Å². The van der Waals surface area contributed by atoms with Crippen molar-refractivity contribution in [1.29, 1.82) is 0 Å². The van der Waals surface area contributed by atoms with Crippen molar-refractivity contribution in [2.24, 2.45) is 0 Å². The van der Waals surface area contributed by atoms with Gasteiger partial charge in [0.25, 0.3) is 0 Å². The van der Waals surface area contributed by atoms with E-state index in [1.54, 1.807) is 19.6 Å². The minimum absolute atomic E-state index is 0.0572. The molecular formula is C37H62N5O11P. The number of carbonyl (C=O) groups is 5. The fraction of sp³-hybridized carbons (Fsp3) is 0.703. The predicted octanol–water partition coefficient (Wildman–Crippen LogP) is 2.23. The number of aliphatic carboxylic acids is 4. The highest BCUT2D eigenvalue weighted by atomic mass is 31.2. The number of carboxylic acids is 4. The average molecular weight is 784 g/mol. The highest BCUT2D eigenvalue weighted by Gasteiger charge is 2.27. The summed E-state index contributed by atoms with van der Waals surface area (Å²) in [5, 5.41) is 41.3. The van der Waals surface area contributed by atoms with E-state index in [4.69, 9.17) is 0 Å². The molecule has 1 aliphatic heterocycles. The summed E-state index contributed by atoms with van der Waals surface area (Å²) in [6, 6.07) is 7.22. The molecule has 6 N–H and O–H groups in total. The van der Waals surface area contributed by atoms with Gasteiger partial charge in [0.15, 0.2) is 0 Å². The van der Waals surface area contributed by atoms with Crippen LogP contribution in [0.4, 0.5) is 0 Å². The van der Waals surface area contributed by atoms with Crippen LogP contribution in [-0.4, -0.2) is 172 Å². The number of carbonyl (C=O) groups excluding carboxylic acids is 1. The van der Waals surface area contributed by atoms with Gasteiger partial charge in [-0.1, -0.05) is 50.5 Å². The van der Waals surface area contributed by atoms with E-state index in [9.17, 15) is 53.9 Å². The third-order valence-corrected chi connectivity index (χ3v) is 11.6. The Bertz CT molecular complexity index is 1370. The molecule has 54 heavy (non-hydrogen) atoms. The van der Waals surface area contributed by atoms with Gasteiger partial charge in [0, 0.05) is 77.1 Å². The van der Waals surface area contributed by atoms with E-state index in [-0.39, 0.29) is 90.2 Å². The minimum atomic E-state index is -3.28. The van der Waals surface area contributed by atoms with E-state index >= 15 is 0 Å². The number of nitrogens with zero attached hydrogens (tertiary/aromatic N) is 4. The average Bonchev–Trinajstić information content (AvgIpc) is 3.08. The van der Waals surface area contributed by atoms with Crippen LogP contribution in [0.25, 0.3) is 0 Å². The maximum Gasteiger partial charge on any atom is 0.317 e. The normalized spacial score (nSPS) is 18.2. The molecule has 0 radical (unpaired) electrons. The van der Waals surface area contributed by atoms with Crippen molar-refractivity contribution >= 4 is 37.2 Å². The topological polar surface area (TPSA) is 229 Å². The molecule has 0 aromatic heterocycles. The van der Waals surface area contributed by atoms with Gasteiger partial charge in [-0.05, 0) is 49.7 Å². The monoisotopic (exact) mass is 783 g/mol. The zero-order valence-corrected chi connectivity index (χ0v) is 32.7. The Balaban J connectivity index is 2.05. The third-order valence-electron chi connectivity index (χ3n) is 9.55. The maximum absolute atomic E-state index is 12.8. The van der Waals surface area contributed by atoms with Crippen molar-refractivity contribution in [3.8, 4) is 0 Å². The molecule has 306 valence electrons. The molecule has 17 heteroatoms. The zero-order chi connectivity index (χ0) is 39.9. The van der Waals surface area contributed by atoms with E-state index in [2.05, 4.69) is 12.2 Å². The molecular weight excluding hydrogens is 721 g/mol. The molecule has 1 aromatic carbocycles. The van der Waals surface area contributed by atoms with E-state index in [0.717, 1.165) is 43.2 Å². The fourth-order valence-electron chi connectivity index (χ4n) is 6.62. The summed E-state index contributed by atoms with van der Waals surface area (Å²) >= 11 is 0. The zero-order valence-electron chi connectivity index (χ0n) is 31.8. The molecule has 1 unspecified atom stereocenters. The first-order chi connectivity index (χ1) is 25.6. The van der Waals surface area contributed by atoms with Crippen LogP contribution in [0.1, 0.15) is 69.4 Å². The number of unbranched alkanes of at least 4 members (excludes halogenated alkanes) is 4. The fourth-order valence-corrected chi connectivity index (χ4v) is 8.22. The summed E-state index contributed by atoms with van der Waals surface area (Å²) in [4.78, 5) is 76.0. The first-order valence-electron chi connectivity index (χ1n) is 19.1. The molecule has 1 heterocycles. The lowest BCUT2D eigenvalue weighted by Crippen LogP contribution is -2.53. The minimum Gasteiger partial charge on any atom is -0.480 e. The summed E-state index contributed by atoms with van der Waals surface area (Å²) in [6.07, 6.45) is 7.64. The number of benzene rings is 1. The van der Waals surface area contributed by atoms with Gasteiger partial charge in [0.2, 0.25) is 13.3 Å². The number of nitrogens with one attached hydrogen (secondary N) is 1. The second kappa shape index (κ2) is 25.6. The molecule has 1 aromatic rings. The Morgan fingerprint density at radius 2 is 1.19 bits per heavy atom. The number of aryl methyl sites for hydroxylation is 1. The van der Waals surface area contributed by atoms with E-state index in [1.165, 1.54) is 0 Å². The molecule has 1 amide bonds. The van der Waals surface area contributed by atoms with Crippen LogP contribution in [0.2, 0.25) is 0 Å². The van der Waals surface area contributed by atoms with Crippen molar-refractivity contribution in [3.63, 3.8) is 0 Å². The summed E-state index contributed by atoms with van der Waals surface area (Å²) in [5.41, 5.74) is 1.85. The van der Waals surface area contributed by atoms with Gasteiger partial charge in [0.1, 0.15) is 0 Å². The molecule has 0 aliphatic carbocycles. The molecule has 2 rings (SSSR count). The van der Waals surface area contributed by atoms with Crippen LogP contribution in [0.5, 0.6) is 0 Å². The number of rotatable bonds is 24.